The van der Waals surface area contributed by atoms with Crippen molar-refractivity contribution in [2.24, 2.45) is 0 Å². The molecular formula is C28H45N7. The molecule has 1 atom stereocenters. The molecule has 0 spiro atoms. The monoisotopic (exact) mass is 479 g/mol. The number of nitrogens with zero attached hydrogens (tertiary/aromatic N) is 5. The molecule has 7 heteroatoms. The molecular weight excluding hydrogens is 434 g/mol. The van der Waals surface area contributed by atoms with Gasteiger partial charge in [-0.05, 0) is 44.9 Å². The lowest BCUT2D eigenvalue weighted by Crippen LogP contribution is -2.43. The van der Waals surface area contributed by atoms with E-state index in [9.17, 15) is 0 Å². The first kappa shape index (κ1) is 25.8. The summed E-state index contributed by atoms with van der Waals surface area (Å²) in [7, 11) is 2.20. The largest absolute Gasteiger partial charge is 0.367 e. The lowest BCUT2D eigenvalue weighted by Gasteiger charge is -2.32. The number of hydrogen-bond acceptors (Lipinski definition) is 7. The summed E-state index contributed by atoms with van der Waals surface area (Å²) in [5.74, 6) is 1.62. The number of hydrogen-bond donors (Lipinski definition) is 2. The first-order valence-corrected chi connectivity index (χ1v) is 13.9. The molecule has 1 unspecified atom stereocenters. The van der Waals surface area contributed by atoms with Crippen LogP contribution in [0.25, 0.3) is 11.3 Å². The van der Waals surface area contributed by atoms with E-state index in [4.69, 9.17) is 9.97 Å². The van der Waals surface area contributed by atoms with E-state index in [1.165, 1.54) is 56.9 Å². The normalized spacial score (nSPS) is 18.9. The molecule has 2 fully saturated rings. The van der Waals surface area contributed by atoms with Crippen LogP contribution >= 0.6 is 0 Å². The van der Waals surface area contributed by atoms with Crippen LogP contribution in [-0.4, -0.2) is 70.1 Å². The Hall–Kier alpha value is -2.25. The molecule has 2 aliphatic rings. The van der Waals surface area contributed by atoms with Crippen molar-refractivity contribution in [3.8, 4) is 11.3 Å². The summed E-state index contributed by atoms with van der Waals surface area (Å²) in [6.45, 7) is 9.94. The van der Waals surface area contributed by atoms with Crippen LogP contribution in [0.15, 0.2) is 24.5 Å². The molecule has 3 heterocycles. The maximum Gasteiger partial charge on any atom is 0.224 e. The molecule has 0 radical (unpaired) electrons. The number of pyridine rings is 1. The molecule has 35 heavy (non-hydrogen) atoms. The van der Waals surface area contributed by atoms with Gasteiger partial charge < -0.3 is 15.5 Å². The zero-order chi connectivity index (χ0) is 24.5. The van der Waals surface area contributed by atoms with Gasteiger partial charge in [0.2, 0.25) is 5.95 Å². The van der Waals surface area contributed by atoms with Crippen molar-refractivity contribution in [3.63, 3.8) is 0 Å². The van der Waals surface area contributed by atoms with Gasteiger partial charge in [0.25, 0.3) is 0 Å². The summed E-state index contributed by atoms with van der Waals surface area (Å²) in [4.78, 5) is 19.4. The van der Waals surface area contributed by atoms with E-state index < -0.39 is 0 Å². The van der Waals surface area contributed by atoms with Crippen molar-refractivity contribution in [1.82, 2.24) is 24.8 Å². The minimum absolute atomic E-state index is 0.363. The zero-order valence-corrected chi connectivity index (χ0v) is 22.1. The molecule has 4 rings (SSSR count). The molecule has 2 aromatic rings. The Morgan fingerprint density at radius 2 is 1.80 bits per heavy atom. The number of unbranched alkanes of at least 4 members (excludes halogenated alkanes) is 2. The zero-order valence-electron chi connectivity index (χ0n) is 22.1. The number of nitrogens with one attached hydrogen (secondary N) is 2. The van der Waals surface area contributed by atoms with Gasteiger partial charge in [-0.3, -0.25) is 9.88 Å². The van der Waals surface area contributed by atoms with Gasteiger partial charge in [0.15, 0.2) is 0 Å². The van der Waals surface area contributed by atoms with E-state index in [1.54, 1.807) is 0 Å². The van der Waals surface area contributed by atoms with Crippen molar-refractivity contribution in [2.45, 2.75) is 90.3 Å². The summed E-state index contributed by atoms with van der Waals surface area (Å²) in [6, 6.07) is 5.19. The van der Waals surface area contributed by atoms with Crippen LogP contribution < -0.4 is 10.6 Å². The van der Waals surface area contributed by atoms with E-state index in [1.807, 2.05) is 12.4 Å². The van der Waals surface area contributed by atoms with Gasteiger partial charge in [-0.2, -0.15) is 4.98 Å². The fourth-order valence-electron chi connectivity index (χ4n) is 5.12. The lowest BCUT2D eigenvalue weighted by molar-refractivity contribution is 0.148. The average Bonchev–Trinajstić information content (AvgIpc) is 2.87. The van der Waals surface area contributed by atoms with Crippen molar-refractivity contribution < 1.29 is 0 Å². The Morgan fingerprint density at radius 3 is 2.51 bits per heavy atom. The van der Waals surface area contributed by atoms with E-state index in [0.29, 0.717) is 18.0 Å². The maximum absolute atomic E-state index is 4.95. The molecule has 2 N–H and O–H groups in total. The fourth-order valence-corrected chi connectivity index (χ4v) is 5.12. The highest BCUT2D eigenvalue weighted by molar-refractivity contribution is 5.73. The predicted octanol–water partition coefficient (Wildman–Crippen LogP) is 5.41. The molecule has 1 aliphatic heterocycles. The SMILES string of the molecule is CCCCCC(C)Nc1ncc(-c2ccc(CN3CCN(C)CC3)cn2)c(NC2CCCCC2)n1. The van der Waals surface area contributed by atoms with Crippen molar-refractivity contribution in [2.75, 3.05) is 43.9 Å². The third kappa shape index (κ3) is 7.87. The van der Waals surface area contributed by atoms with Crippen LogP contribution in [0, 0.1) is 0 Å². The van der Waals surface area contributed by atoms with Gasteiger partial charge in [0.05, 0.1) is 11.3 Å². The van der Waals surface area contributed by atoms with Gasteiger partial charge >= 0.3 is 0 Å². The molecule has 1 aliphatic carbocycles. The number of piperazine rings is 1. The molecule has 192 valence electrons. The van der Waals surface area contributed by atoms with Crippen LogP contribution in [0.2, 0.25) is 0 Å². The minimum Gasteiger partial charge on any atom is -0.367 e. The van der Waals surface area contributed by atoms with Gasteiger partial charge in [-0.15, -0.1) is 0 Å². The van der Waals surface area contributed by atoms with Crippen molar-refractivity contribution in [1.29, 1.82) is 0 Å². The standard InChI is InChI=1S/C28H45N7/c1-4-5-7-10-22(2)31-28-30-20-25(27(33-28)32-24-11-8-6-9-12-24)26-14-13-23(19-29-26)21-35-17-15-34(3)16-18-35/h13-14,19-20,22,24H,4-12,15-18,21H2,1-3H3,(H2,30,31,32,33). The summed E-state index contributed by atoms with van der Waals surface area (Å²) in [5.41, 5.74) is 3.19. The number of rotatable bonds is 11. The van der Waals surface area contributed by atoms with Crippen LogP contribution in [0.3, 0.4) is 0 Å². The van der Waals surface area contributed by atoms with Crippen LogP contribution in [0.1, 0.15) is 77.2 Å². The molecule has 0 bridgehead atoms. The summed E-state index contributed by atoms with van der Waals surface area (Å²) in [6.07, 6.45) is 15.2. The first-order chi connectivity index (χ1) is 17.1. The smallest absolute Gasteiger partial charge is 0.224 e. The van der Waals surface area contributed by atoms with E-state index >= 15 is 0 Å². The lowest BCUT2D eigenvalue weighted by atomic mass is 9.95. The Bertz CT molecular complexity index is 887. The molecule has 1 saturated carbocycles. The van der Waals surface area contributed by atoms with E-state index in [2.05, 4.69) is 58.4 Å². The molecule has 2 aromatic heterocycles. The highest BCUT2D eigenvalue weighted by Crippen LogP contribution is 2.29. The topological polar surface area (TPSA) is 69.2 Å². The summed E-state index contributed by atoms with van der Waals surface area (Å²) < 4.78 is 0. The Balaban J connectivity index is 1.47. The second-order valence-electron chi connectivity index (χ2n) is 10.6. The third-order valence-electron chi connectivity index (χ3n) is 7.45. The maximum atomic E-state index is 4.95. The quantitative estimate of drug-likeness (QED) is 0.418. The average molecular weight is 480 g/mol. The Morgan fingerprint density at radius 1 is 1.00 bits per heavy atom. The Labute approximate surface area is 212 Å². The van der Waals surface area contributed by atoms with E-state index in [-0.39, 0.29) is 0 Å². The van der Waals surface area contributed by atoms with Crippen LogP contribution in [-0.2, 0) is 6.54 Å². The fraction of sp³-hybridized carbons (Fsp3) is 0.679. The molecule has 0 amide bonds. The summed E-state index contributed by atoms with van der Waals surface area (Å²) in [5, 5.41) is 7.28. The molecule has 1 saturated heterocycles. The molecule has 0 aromatic carbocycles. The van der Waals surface area contributed by atoms with Gasteiger partial charge in [0, 0.05) is 57.2 Å². The second-order valence-corrected chi connectivity index (χ2v) is 10.6. The first-order valence-electron chi connectivity index (χ1n) is 13.9. The molecule has 7 nitrogen and oxygen atoms in total. The van der Waals surface area contributed by atoms with Gasteiger partial charge in [0.1, 0.15) is 5.82 Å². The number of likely N-dealkylation sites (N-methyl/N-ethyl adjacent to an activating group) is 1. The second kappa shape index (κ2) is 13.2. The van der Waals surface area contributed by atoms with Gasteiger partial charge in [-0.1, -0.05) is 51.5 Å². The third-order valence-corrected chi connectivity index (χ3v) is 7.45. The highest BCUT2D eigenvalue weighted by atomic mass is 15.2. The Kier molecular flexibility index (Phi) is 9.72. The number of anilines is 2. The highest BCUT2D eigenvalue weighted by Gasteiger charge is 2.19. The number of aromatic nitrogens is 3. The van der Waals surface area contributed by atoms with Crippen molar-refractivity contribution in [3.05, 3.63) is 30.1 Å². The minimum atomic E-state index is 0.363. The van der Waals surface area contributed by atoms with Crippen LogP contribution in [0.5, 0.6) is 0 Å². The van der Waals surface area contributed by atoms with Crippen molar-refractivity contribution >= 4 is 11.8 Å². The summed E-state index contributed by atoms with van der Waals surface area (Å²) >= 11 is 0. The predicted molar refractivity (Wildman–Crippen MR) is 146 cm³/mol. The van der Waals surface area contributed by atoms with E-state index in [0.717, 1.165) is 56.2 Å². The van der Waals surface area contributed by atoms with Crippen LogP contribution in [0.4, 0.5) is 11.8 Å². The van der Waals surface area contributed by atoms with Gasteiger partial charge in [-0.25, -0.2) is 4.98 Å².